The van der Waals surface area contributed by atoms with Gasteiger partial charge in [-0.1, -0.05) is 84.9 Å². The molecule has 10 bridgehead atoms. The van der Waals surface area contributed by atoms with Gasteiger partial charge in [0.15, 0.2) is 0 Å². The minimum Gasteiger partial charge on any atom is -0.489 e. The first-order chi connectivity index (χ1) is 19.7. The standard InChI is InChI=1S/C36H30O4/c1-2-28-9-17-34(18-10-28)40-26-32-13-21-36(22-14-32)38-24-30-5-3-29(4-6-30)23-37-35-19-11-31(12-20-35)25-39-33-15-7-27(1)8-16-33/h1-22H,23-26H2. The van der Waals surface area contributed by atoms with Crippen molar-refractivity contribution in [3.8, 4) is 23.0 Å². The molecule has 0 saturated carbocycles. The first kappa shape index (κ1) is 25.3. The van der Waals surface area contributed by atoms with Crippen molar-refractivity contribution in [3.05, 3.63) is 155 Å². The van der Waals surface area contributed by atoms with Crippen molar-refractivity contribution < 1.29 is 18.9 Å². The summed E-state index contributed by atoms with van der Waals surface area (Å²) >= 11 is 0. The third-order valence-electron chi connectivity index (χ3n) is 6.72. The van der Waals surface area contributed by atoms with Gasteiger partial charge in [-0.2, -0.15) is 0 Å². The molecular weight excluding hydrogens is 496 g/mol. The second-order valence-corrected chi connectivity index (χ2v) is 9.73. The number of benzene rings is 5. The van der Waals surface area contributed by atoms with Gasteiger partial charge in [-0.3, -0.25) is 0 Å². The van der Waals surface area contributed by atoms with E-state index in [0.29, 0.717) is 26.4 Å². The van der Waals surface area contributed by atoms with E-state index in [1.165, 1.54) is 0 Å². The lowest BCUT2D eigenvalue weighted by atomic mass is 10.1. The van der Waals surface area contributed by atoms with Gasteiger partial charge in [0.05, 0.1) is 0 Å². The number of ether oxygens (including phenoxy) is 4. The maximum absolute atomic E-state index is 5.99. The number of fused-ring (bicyclic) bond motifs is 5. The number of rotatable bonds is 0. The van der Waals surface area contributed by atoms with Crippen LogP contribution in [-0.2, 0) is 26.4 Å². The molecule has 0 saturated heterocycles. The zero-order valence-electron chi connectivity index (χ0n) is 22.2. The molecule has 6 aliphatic rings. The zero-order valence-corrected chi connectivity index (χ0v) is 22.2. The van der Waals surface area contributed by atoms with Gasteiger partial charge in [-0.05, 0) is 81.9 Å². The lowest BCUT2D eigenvalue weighted by Crippen LogP contribution is -1.99. The topological polar surface area (TPSA) is 36.9 Å². The predicted molar refractivity (Wildman–Crippen MR) is 158 cm³/mol. The van der Waals surface area contributed by atoms with Crippen molar-refractivity contribution >= 4 is 12.2 Å². The third kappa shape index (κ3) is 6.91. The van der Waals surface area contributed by atoms with E-state index >= 15 is 0 Å². The molecule has 0 amide bonds. The molecule has 6 aliphatic heterocycles. The van der Waals surface area contributed by atoms with Gasteiger partial charge < -0.3 is 18.9 Å². The molecule has 6 heterocycles. The van der Waals surface area contributed by atoms with Crippen molar-refractivity contribution in [1.29, 1.82) is 0 Å². The molecule has 4 nitrogen and oxygen atoms in total. The van der Waals surface area contributed by atoms with E-state index in [2.05, 4.69) is 60.7 Å². The van der Waals surface area contributed by atoms with Gasteiger partial charge in [0, 0.05) is 0 Å². The minimum atomic E-state index is 0.497. The molecule has 40 heavy (non-hydrogen) atoms. The molecular formula is C36H30O4. The van der Waals surface area contributed by atoms with E-state index in [0.717, 1.165) is 56.4 Å². The van der Waals surface area contributed by atoms with Crippen LogP contribution in [0.15, 0.2) is 121 Å². The first-order valence-corrected chi connectivity index (χ1v) is 13.4. The molecule has 0 aliphatic carbocycles. The zero-order chi connectivity index (χ0) is 27.0. The van der Waals surface area contributed by atoms with Crippen LogP contribution in [0.2, 0.25) is 0 Å². The Hall–Kier alpha value is -4.96. The molecule has 0 spiro atoms. The summed E-state index contributed by atoms with van der Waals surface area (Å²) in [4.78, 5) is 0. The average molecular weight is 527 g/mol. The van der Waals surface area contributed by atoms with Gasteiger partial charge in [0.2, 0.25) is 0 Å². The summed E-state index contributed by atoms with van der Waals surface area (Å²) in [6.45, 7) is 2.01. The number of hydrogen-bond donors (Lipinski definition) is 0. The van der Waals surface area contributed by atoms with Crippen molar-refractivity contribution in [2.75, 3.05) is 0 Å². The summed E-state index contributed by atoms with van der Waals surface area (Å²) in [6, 6.07) is 40.6. The Morgan fingerprint density at radius 2 is 0.500 bits per heavy atom. The van der Waals surface area contributed by atoms with Crippen molar-refractivity contribution in [2.45, 2.75) is 26.4 Å². The van der Waals surface area contributed by atoms with Gasteiger partial charge in [-0.15, -0.1) is 0 Å². The SMILES string of the molecule is C1=Cc2ccc(cc2)OCc2ccc(cc2)OCc2ccc(cc2)COc2ccc(cc2)COc2ccc1cc2. The van der Waals surface area contributed by atoms with Crippen LogP contribution in [0.4, 0.5) is 0 Å². The Balaban J connectivity index is 1.18. The molecule has 0 radical (unpaired) electrons. The Morgan fingerprint density at radius 1 is 0.275 bits per heavy atom. The fourth-order valence-corrected chi connectivity index (χ4v) is 4.30. The van der Waals surface area contributed by atoms with Crippen LogP contribution in [0.25, 0.3) is 12.2 Å². The molecule has 0 N–H and O–H groups in total. The lowest BCUT2D eigenvalue weighted by Gasteiger charge is -2.11. The molecule has 5 aromatic carbocycles. The van der Waals surface area contributed by atoms with Gasteiger partial charge >= 0.3 is 0 Å². The van der Waals surface area contributed by atoms with Gasteiger partial charge in [0.1, 0.15) is 49.4 Å². The predicted octanol–water partition coefficient (Wildman–Crippen LogP) is 8.49. The summed E-state index contributed by atoms with van der Waals surface area (Å²) < 4.78 is 23.9. The van der Waals surface area contributed by atoms with Crippen LogP contribution in [0.3, 0.4) is 0 Å². The third-order valence-corrected chi connectivity index (χ3v) is 6.72. The van der Waals surface area contributed by atoms with Crippen LogP contribution in [-0.4, -0.2) is 0 Å². The summed E-state index contributed by atoms with van der Waals surface area (Å²) in [5, 5.41) is 0. The van der Waals surface area contributed by atoms with Crippen molar-refractivity contribution in [3.63, 3.8) is 0 Å². The Kier molecular flexibility index (Phi) is 7.77. The molecule has 0 unspecified atom stereocenters. The summed E-state index contributed by atoms with van der Waals surface area (Å²) in [7, 11) is 0. The molecule has 11 rings (SSSR count). The molecule has 0 atom stereocenters. The van der Waals surface area contributed by atoms with Crippen LogP contribution in [0.1, 0.15) is 33.4 Å². The molecule has 0 fully saturated rings. The summed E-state index contributed by atoms with van der Waals surface area (Å²) in [5.41, 5.74) is 6.60. The molecule has 0 aromatic heterocycles. The highest BCUT2D eigenvalue weighted by Gasteiger charge is 2.03. The van der Waals surface area contributed by atoms with E-state index in [9.17, 15) is 0 Å². The second-order valence-electron chi connectivity index (χ2n) is 9.73. The molecule has 4 heteroatoms. The highest BCUT2D eigenvalue weighted by Crippen LogP contribution is 2.21. The molecule has 5 aromatic rings. The van der Waals surface area contributed by atoms with E-state index in [4.69, 9.17) is 18.9 Å². The Labute approximate surface area is 235 Å². The Morgan fingerprint density at radius 3 is 0.775 bits per heavy atom. The largest absolute Gasteiger partial charge is 0.489 e. The van der Waals surface area contributed by atoms with Crippen LogP contribution < -0.4 is 18.9 Å². The highest BCUT2D eigenvalue weighted by molar-refractivity contribution is 5.70. The smallest absolute Gasteiger partial charge is 0.119 e. The highest BCUT2D eigenvalue weighted by atomic mass is 16.5. The van der Waals surface area contributed by atoms with E-state index < -0.39 is 0 Å². The maximum Gasteiger partial charge on any atom is 0.119 e. The monoisotopic (exact) mass is 526 g/mol. The quantitative estimate of drug-likeness (QED) is 0.203. The van der Waals surface area contributed by atoms with Crippen LogP contribution in [0, 0.1) is 0 Å². The minimum absolute atomic E-state index is 0.497. The van der Waals surface area contributed by atoms with Gasteiger partial charge in [0.25, 0.3) is 0 Å². The summed E-state index contributed by atoms with van der Waals surface area (Å²) in [5.74, 6) is 3.33. The lowest BCUT2D eigenvalue weighted by molar-refractivity contribution is 0.298. The first-order valence-electron chi connectivity index (χ1n) is 13.4. The van der Waals surface area contributed by atoms with E-state index in [1.54, 1.807) is 0 Å². The second kappa shape index (κ2) is 12.3. The van der Waals surface area contributed by atoms with E-state index in [-0.39, 0.29) is 0 Å². The van der Waals surface area contributed by atoms with Crippen molar-refractivity contribution in [2.24, 2.45) is 0 Å². The van der Waals surface area contributed by atoms with E-state index in [1.807, 2.05) is 72.8 Å². The molecule has 198 valence electrons. The number of hydrogen-bond acceptors (Lipinski definition) is 4. The fraction of sp³-hybridized carbons (Fsp3) is 0.111. The average Bonchev–Trinajstić information content (AvgIpc) is 3.02. The Bertz CT molecular complexity index is 1410. The normalized spacial score (nSPS) is 13.3. The maximum atomic E-state index is 5.99. The van der Waals surface area contributed by atoms with Crippen LogP contribution >= 0.6 is 0 Å². The summed E-state index contributed by atoms with van der Waals surface area (Å²) in [6.07, 6.45) is 4.18. The van der Waals surface area contributed by atoms with Crippen molar-refractivity contribution in [1.82, 2.24) is 0 Å². The van der Waals surface area contributed by atoms with Crippen LogP contribution in [0.5, 0.6) is 23.0 Å². The van der Waals surface area contributed by atoms with Gasteiger partial charge in [-0.25, -0.2) is 0 Å². The fourth-order valence-electron chi connectivity index (χ4n) is 4.30.